The van der Waals surface area contributed by atoms with Crippen molar-refractivity contribution in [3.05, 3.63) is 29.6 Å². The number of aliphatic hydroxyl groups is 1. The molecule has 0 bridgehead atoms. The van der Waals surface area contributed by atoms with E-state index in [-0.39, 0.29) is 11.9 Å². The van der Waals surface area contributed by atoms with E-state index >= 15 is 0 Å². The Morgan fingerprint density at radius 1 is 1.38 bits per heavy atom. The van der Waals surface area contributed by atoms with Gasteiger partial charge in [-0.05, 0) is 51.8 Å². The molecule has 2 atom stereocenters. The highest BCUT2D eigenvalue weighted by Crippen LogP contribution is 2.32. The van der Waals surface area contributed by atoms with Crippen molar-refractivity contribution in [3.63, 3.8) is 0 Å². The largest absolute Gasteiger partial charge is 0.390 e. The first kappa shape index (κ1) is 16.2. The van der Waals surface area contributed by atoms with Crippen molar-refractivity contribution in [3.8, 4) is 0 Å². The fourth-order valence-corrected chi connectivity index (χ4v) is 3.14. The van der Waals surface area contributed by atoms with Crippen molar-refractivity contribution < 1.29 is 9.50 Å². The Kier molecular flexibility index (Phi) is 5.22. The number of nitrogens with zero attached hydrogens (tertiary/aromatic N) is 1. The second-order valence-corrected chi connectivity index (χ2v) is 6.29. The molecule has 0 amide bonds. The zero-order valence-corrected chi connectivity index (χ0v) is 13.3. The molecule has 1 heterocycles. The molecule has 0 saturated carbocycles. The van der Waals surface area contributed by atoms with Crippen LogP contribution in [-0.4, -0.2) is 30.3 Å². The van der Waals surface area contributed by atoms with Gasteiger partial charge in [-0.1, -0.05) is 13.0 Å². The summed E-state index contributed by atoms with van der Waals surface area (Å²) in [5, 5.41) is 13.5. The summed E-state index contributed by atoms with van der Waals surface area (Å²) in [5.74, 6) is -0.156. The summed E-state index contributed by atoms with van der Waals surface area (Å²) in [6.07, 6.45) is 2.45. The second kappa shape index (κ2) is 6.75. The van der Waals surface area contributed by atoms with E-state index in [0.717, 1.165) is 50.1 Å². The van der Waals surface area contributed by atoms with Gasteiger partial charge in [0.05, 0.1) is 5.60 Å². The molecule has 21 heavy (non-hydrogen) atoms. The van der Waals surface area contributed by atoms with E-state index in [1.54, 1.807) is 6.07 Å². The first-order chi connectivity index (χ1) is 9.94. The van der Waals surface area contributed by atoms with Gasteiger partial charge < -0.3 is 15.3 Å². The highest BCUT2D eigenvalue weighted by molar-refractivity contribution is 5.55. The molecular formula is C17H27FN2O. The van der Waals surface area contributed by atoms with Crippen LogP contribution in [0.15, 0.2) is 18.2 Å². The molecule has 2 rings (SSSR count). The maximum Gasteiger partial charge on any atom is 0.130 e. The lowest BCUT2D eigenvalue weighted by Crippen LogP contribution is -2.30. The maximum absolute atomic E-state index is 14.3. The molecule has 3 nitrogen and oxygen atoms in total. The lowest BCUT2D eigenvalue weighted by molar-refractivity contribution is 0.0481. The smallest absolute Gasteiger partial charge is 0.130 e. The predicted molar refractivity (Wildman–Crippen MR) is 85.2 cm³/mol. The van der Waals surface area contributed by atoms with Crippen LogP contribution in [0.5, 0.6) is 0 Å². The third-order valence-electron chi connectivity index (χ3n) is 4.38. The number of halogens is 1. The minimum Gasteiger partial charge on any atom is -0.390 e. The molecular weight excluding hydrogens is 267 g/mol. The van der Waals surface area contributed by atoms with Crippen LogP contribution in [0, 0.1) is 5.82 Å². The van der Waals surface area contributed by atoms with Gasteiger partial charge in [-0.25, -0.2) is 4.39 Å². The van der Waals surface area contributed by atoms with Crippen molar-refractivity contribution >= 4 is 5.69 Å². The summed E-state index contributed by atoms with van der Waals surface area (Å²) < 4.78 is 14.3. The van der Waals surface area contributed by atoms with Crippen LogP contribution in [-0.2, 0) is 0 Å². The molecule has 1 fully saturated rings. The van der Waals surface area contributed by atoms with E-state index in [9.17, 15) is 9.50 Å². The Morgan fingerprint density at radius 3 is 2.86 bits per heavy atom. The fourth-order valence-electron chi connectivity index (χ4n) is 3.14. The molecule has 1 aromatic carbocycles. The van der Waals surface area contributed by atoms with Gasteiger partial charge in [-0.3, -0.25) is 0 Å². The molecule has 0 aromatic heterocycles. The third kappa shape index (κ3) is 3.95. The first-order valence-corrected chi connectivity index (χ1v) is 7.94. The second-order valence-electron chi connectivity index (χ2n) is 6.29. The molecule has 0 aliphatic carbocycles. The number of nitrogens with one attached hydrogen (secondary N) is 1. The summed E-state index contributed by atoms with van der Waals surface area (Å²) >= 11 is 0. The Bertz CT molecular complexity index is 476. The minimum atomic E-state index is -0.602. The molecule has 1 aromatic rings. The van der Waals surface area contributed by atoms with Crippen molar-refractivity contribution in [2.75, 3.05) is 24.5 Å². The summed E-state index contributed by atoms with van der Waals surface area (Å²) in [5.41, 5.74) is 1.09. The molecule has 1 aliphatic rings. The summed E-state index contributed by atoms with van der Waals surface area (Å²) in [6.45, 7) is 8.36. The van der Waals surface area contributed by atoms with Crippen LogP contribution in [0.4, 0.5) is 10.1 Å². The summed E-state index contributed by atoms with van der Waals surface area (Å²) in [4.78, 5) is 2.22. The Balaban J connectivity index is 2.28. The number of hydrogen-bond acceptors (Lipinski definition) is 3. The quantitative estimate of drug-likeness (QED) is 0.895. The zero-order valence-electron chi connectivity index (χ0n) is 13.3. The zero-order chi connectivity index (χ0) is 15.5. The molecule has 4 heteroatoms. The minimum absolute atomic E-state index is 0.0186. The Morgan fingerprint density at radius 2 is 2.14 bits per heavy atom. The molecule has 2 unspecified atom stereocenters. The molecule has 2 N–H and O–H groups in total. The van der Waals surface area contributed by atoms with Crippen LogP contribution in [0.25, 0.3) is 0 Å². The van der Waals surface area contributed by atoms with Gasteiger partial charge in [-0.15, -0.1) is 0 Å². The van der Waals surface area contributed by atoms with E-state index in [4.69, 9.17) is 0 Å². The van der Waals surface area contributed by atoms with E-state index in [1.807, 2.05) is 26.8 Å². The molecule has 0 radical (unpaired) electrons. The maximum atomic E-state index is 14.3. The van der Waals surface area contributed by atoms with Crippen LogP contribution < -0.4 is 10.2 Å². The van der Waals surface area contributed by atoms with Crippen molar-refractivity contribution in [2.45, 2.75) is 51.7 Å². The standard InChI is InChI=1S/C17H27FN2O/c1-4-19-13(2)16-14(18)7-5-8-15(16)20-11-6-9-17(3,21)10-12-20/h5,7-8,13,19,21H,4,6,9-12H2,1-3H3. The van der Waals surface area contributed by atoms with Gasteiger partial charge in [0.15, 0.2) is 0 Å². The summed E-state index contributed by atoms with van der Waals surface area (Å²) in [6, 6.07) is 5.28. The normalized spacial score (nSPS) is 24.7. The number of anilines is 1. The topological polar surface area (TPSA) is 35.5 Å². The molecule has 1 aliphatic heterocycles. The van der Waals surface area contributed by atoms with Gasteiger partial charge in [0.25, 0.3) is 0 Å². The van der Waals surface area contributed by atoms with Gasteiger partial charge >= 0.3 is 0 Å². The highest BCUT2D eigenvalue weighted by Gasteiger charge is 2.27. The van der Waals surface area contributed by atoms with Crippen LogP contribution >= 0.6 is 0 Å². The Hall–Kier alpha value is -1.13. The number of hydrogen-bond donors (Lipinski definition) is 2. The van der Waals surface area contributed by atoms with Gasteiger partial charge in [0.2, 0.25) is 0 Å². The monoisotopic (exact) mass is 294 g/mol. The van der Waals surface area contributed by atoms with Gasteiger partial charge in [0, 0.05) is 30.4 Å². The van der Waals surface area contributed by atoms with Gasteiger partial charge in [-0.2, -0.15) is 0 Å². The van der Waals surface area contributed by atoms with E-state index in [0.29, 0.717) is 0 Å². The number of benzene rings is 1. The third-order valence-corrected chi connectivity index (χ3v) is 4.38. The predicted octanol–water partition coefficient (Wildman–Crippen LogP) is 3.24. The lowest BCUT2D eigenvalue weighted by Gasteiger charge is -2.28. The average Bonchev–Trinajstić information content (AvgIpc) is 2.59. The van der Waals surface area contributed by atoms with Gasteiger partial charge in [0.1, 0.15) is 5.82 Å². The molecule has 118 valence electrons. The first-order valence-electron chi connectivity index (χ1n) is 7.94. The van der Waals surface area contributed by atoms with Crippen molar-refractivity contribution in [2.24, 2.45) is 0 Å². The van der Waals surface area contributed by atoms with Crippen molar-refractivity contribution in [1.82, 2.24) is 5.32 Å². The molecule has 1 saturated heterocycles. The van der Waals surface area contributed by atoms with E-state index in [1.165, 1.54) is 6.07 Å². The van der Waals surface area contributed by atoms with Crippen LogP contribution in [0.1, 0.15) is 51.6 Å². The van der Waals surface area contributed by atoms with Crippen LogP contribution in [0.2, 0.25) is 0 Å². The average molecular weight is 294 g/mol. The highest BCUT2D eigenvalue weighted by atomic mass is 19.1. The fraction of sp³-hybridized carbons (Fsp3) is 0.647. The Labute approximate surface area is 127 Å². The van der Waals surface area contributed by atoms with E-state index < -0.39 is 5.60 Å². The van der Waals surface area contributed by atoms with Crippen molar-refractivity contribution in [1.29, 1.82) is 0 Å². The number of rotatable bonds is 4. The molecule has 0 spiro atoms. The van der Waals surface area contributed by atoms with E-state index in [2.05, 4.69) is 10.2 Å². The SMILES string of the molecule is CCNC(C)c1c(F)cccc1N1CCCC(C)(O)CC1. The van der Waals surface area contributed by atoms with Crippen LogP contribution in [0.3, 0.4) is 0 Å². The summed E-state index contributed by atoms with van der Waals surface area (Å²) in [7, 11) is 0. The lowest BCUT2D eigenvalue weighted by atomic mass is 9.98.